The van der Waals surface area contributed by atoms with E-state index < -0.39 is 5.97 Å². The molecule has 104 valence electrons. The predicted molar refractivity (Wildman–Crippen MR) is 74.5 cm³/mol. The summed E-state index contributed by atoms with van der Waals surface area (Å²) < 4.78 is 0. The third-order valence-electron chi connectivity index (χ3n) is 3.41. The van der Waals surface area contributed by atoms with Crippen LogP contribution in [0.25, 0.3) is 0 Å². The Hall–Kier alpha value is -1.62. The maximum atomic E-state index is 10.7. The van der Waals surface area contributed by atoms with Crippen molar-refractivity contribution >= 4 is 11.7 Å². The number of hydrogen-bond donors (Lipinski definition) is 2. The summed E-state index contributed by atoms with van der Waals surface area (Å²) in [7, 11) is 0. The van der Waals surface area contributed by atoms with Crippen molar-refractivity contribution in [2.45, 2.75) is 19.8 Å². The van der Waals surface area contributed by atoms with Crippen molar-refractivity contribution in [2.75, 3.05) is 31.5 Å². The minimum atomic E-state index is -0.992. The van der Waals surface area contributed by atoms with Gasteiger partial charge in [0.05, 0.1) is 11.9 Å². The smallest absolute Gasteiger partial charge is 0.354 e. The van der Waals surface area contributed by atoms with Gasteiger partial charge in [-0.3, -0.25) is 0 Å². The Kier molecular flexibility index (Phi) is 4.74. The predicted octanol–water partition coefficient (Wildman–Crippen LogP) is 1.92. The van der Waals surface area contributed by atoms with Crippen molar-refractivity contribution in [3.8, 4) is 0 Å². The second-order valence-corrected chi connectivity index (χ2v) is 5.23. The van der Waals surface area contributed by atoms with Gasteiger partial charge in [0.2, 0.25) is 0 Å². The molecule has 5 heteroatoms. The Morgan fingerprint density at radius 3 is 2.79 bits per heavy atom. The number of carboxylic acid groups (broad SMARTS) is 1. The van der Waals surface area contributed by atoms with Crippen molar-refractivity contribution in [1.82, 2.24) is 9.88 Å². The van der Waals surface area contributed by atoms with Crippen molar-refractivity contribution in [3.05, 3.63) is 24.0 Å². The Morgan fingerprint density at radius 2 is 2.21 bits per heavy atom. The summed E-state index contributed by atoms with van der Waals surface area (Å²) in [5.41, 5.74) is 0.953. The molecule has 19 heavy (non-hydrogen) atoms. The maximum absolute atomic E-state index is 10.7. The van der Waals surface area contributed by atoms with Gasteiger partial charge in [0.15, 0.2) is 0 Å². The largest absolute Gasteiger partial charge is 0.477 e. The molecular formula is C14H21N3O2. The van der Waals surface area contributed by atoms with E-state index in [1.54, 1.807) is 12.3 Å². The minimum Gasteiger partial charge on any atom is -0.477 e. The summed E-state index contributed by atoms with van der Waals surface area (Å²) >= 11 is 0. The quantitative estimate of drug-likeness (QED) is 0.821. The first-order valence-corrected chi connectivity index (χ1v) is 6.80. The lowest BCUT2D eigenvalue weighted by Gasteiger charge is -2.20. The highest BCUT2D eigenvalue weighted by atomic mass is 16.4. The molecule has 0 aromatic carbocycles. The zero-order chi connectivity index (χ0) is 13.7. The van der Waals surface area contributed by atoms with Crippen LogP contribution in [0.4, 0.5) is 5.69 Å². The van der Waals surface area contributed by atoms with Crippen molar-refractivity contribution in [2.24, 2.45) is 5.92 Å². The van der Waals surface area contributed by atoms with E-state index in [-0.39, 0.29) is 5.69 Å². The van der Waals surface area contributed by atoms with Crippen LogP contribution in [0.5, 0.6) is 0 Å². The van der Waals surface area contributed by atoms with Gasteiger partial charge in [-0.05, 0) is 44.0 Å². The van der Waals surface area contributed by atoms with Crippen molar-refractivity contribution in [1.29, 1.82) is 0 Å². The molecule has 2 rings (SSSR count). The summed E-state index contributed by atoms with van der Waals surface area (Å²) in [5.74, 6) is -0.425. The number of aromatic nitrogens is 1. The van der Waals surface area contributed by atoms with Gasteiger partial charge in [0, 0.05) is 13.1 Å². The normalized spacial score (nSPS) is 17.3. The van der Waals surface area contributed by atoms with E-state index in [4.69, 9.17) is 5.11 Å². The molecule has 5 nitrogen and oxygen atoms in total. The average Bonchev–Trinajstić information content (AvgIpc) is 2.89. The van der Waals surface area contributed by atoms with Crippen molar-refractivity contribution in [3.63, 3.8) is 0 Å². The molecule has 1 aliphatic heterocycles. The summed E-state index contributed by atoms with van der Waals surface area (Å²) in [6.45, 7) is 6.67. The van der Waals surface area contributed by atoms with Crippen LogP contribution in [0.15, 0.2) is 18.3 Å². The molecule has 2 N–H and O–H groups in total. The van der Waals surface area contributed by atoms with Gasteiger partial charge in [0.25, 0.3) is 0 Å². The van der Waals surface area contributed by atoms with Crippen LogP contribution < -0.4 is 5.32 Å². The molecule has 0 aliphatic carbocycles. The number of carboxylic acids is 1. The van der Waals surface area contributed by atoms with Gasteiger partial charge >= 0.3 is 5.97 Å². The van der Waals surface area contributed by atoms with Crippen LogP contribution >= 0.6 is 0 Å². The molecule has 1 saturated heterocycles. The van der Waals surface area contributed by atoms with Gasteiger partial charge < -0.3 is 15.3 Å². The van der Waals surface area contributed by atoms with E-state index in [0.717, 1.165) is 18.8 Å². The summed E-state index contributed by atoms with van der Waals surface area (Å²) in [6, 6.07) is 3.29. The minimum absolute atomic E-state index is 0.0793. The number of rotatable bonds is 6. The topological polar surface area (TPSA) is 65.5 Å². The van der Waals surface area contributed by atoms with E-state index in [9.17, 15) is 4.79 Å². The molecular weight excluding hydrogens is 242 g/mol. The van der Waals surface area contributed by atoms with E-state index in [1.165, 1.54) is 32.0 Å². The molecule has 1 aromatic rings. The second-order valence-electron chi connectivity index (χ2n) is 5.23. The van der Waals surface area contributed by atoms with Crippen LogP contribution in [0.1, 0.15) is 30.3 Å². The summed E-state index contributed by atoms with van der Waals surface area (Å²) in [5, 5.41) is 12.1. The van der Waals surface area contributed by atoms with Gasteiger partial charge in [-0.25, -0.2) is 9.78 Å². The van der Waals surface area contributed by atoms with E-state index in [1.807, 2.05) is 0 Å². The third-order valence-corrected chi connectivity index (χ3v) is 3.41. The maximum Gasteiger partial charge on any atom is 0.354 e. The van der Waals surface area contributed by atoms with Gasteiger partial charge in [-0.2, -0.15) is 0 Å². The number of likely N-dealkylation sites (tertiary alicyclic amines) is 1. The first-order chi connectivity index (χ1) is 9.15. The van der Waals surface area contributed by atoms with Crippen LogP contribution in [-0.4, -0.2) is 47.1 Å². The number of nitrogens with one attached hydrogen (secondary N) is 1. The highest BCUT2D eigenvalue weighted by molar-refractivity contribution is 5.85. The molecule has 1 aliphatic rings. The van der Waals surface area contributed by atoms with E-state index >= 15 is 0 Å². The molecule has 0 amide bonds. The van der Waals surface area contributed by atoms with Gasteiger partial charge in [-0.1, -0.05) is 6.92 Å². The zero-order valence-electron chi connectivity index (χ0n) is 11.3. The lowest BCUT2D eigenvalue weighted by Crippen LogP contribution is -2.28. The highest BCUT2D eigenvalue weighted by Crippen LogP contribution is 2.12. The number of anilines is 1. The van der Waals surface area contributed by atoms with Gasteiger partial charge in [-0.15, -0.1) is 0 Å². The van der Waals surface area contributed by atoms with Crippen LogP contribution in [0.2, 0.25) is 0 Å². The number of pyridine rings is 1. The summed E-state index contributed by atoms with van der Waals surface area (Å²) in [4.78, 5) is 17.1. The van der Waals surface area contributed by atoms with E-state index in [0.29, 0.717) is 5.92 Å². The molecule has 1 fully saturated rings. The monoisotopic (exact) mass is 263 g/mol. The zero-order valence-corrected chi connectivity index (χ0v) is 11.3. The molecule has 1 unspecified atom stereocenters. The lowest BCUT2D eigenvalue weighted by atomic mass is 10.1. The first-order valence-electron chi connectivity index (χ1n) is 6.80. The van der Waals surface area contributed by atoms with Gasteiger partial charge in [0.1, 0.15) is 5.69 Å². The highest BCUT2D eigenvalue weighted by Gasteiger charge is 2.14. The number of hydrogen-bond acceptors (Lipinski definition) is 4. The third kappa shape index (κ3) is 4.21. The molecule has 2 heterocycles. The standard InChI is InChI=1S/C14H21N3O2/c1-11(10-17-6-2-3-7-17)8-15-12-4-5-13(14(18)19)16-9-12/h4-5,9,11,15H,2-3,6-8,10H2,1H3,(H,18,19). The molecule has 0 radical (unpaired) electrons. The van der Waals surface area contributed by atoms with Crippen LogP contribution in [0, 0.1) is 5.92 Å². The molecule has 1 atom stereocenters. The molecule has 0 spiro atoms. The lowest BCUT2D eigenvalue weighted by molar-refractivity contribution is 0.0690. The number of nitrogens with zero attached hydrogens (tertiary/aromatic N) is 2. The van der Waals surface area contributed by atoms with Crippen LogP contribution in [0.3, 0.4) is 0 Å². The van der Waals surface area contributed by atoms with Crippen LogP contribution in [-0.2, 0) is 0 Å². The summed E-state index contributed by atoms with van der Waals surface area (Å²) in [6.07, 6.45) is 4.22. The Morgan fingerprint density at radius 1 is 1.47 bits per heavy atom. The Labute approximate surface area is 113 Å². The molecule has 0 saturated carbocycles. The average molecular weight is 263 g/mol. The van der Waals surface area contributed by atoms with E-state index in [2.05, 4.69) is 22.1 Å². The molecule has 1 aromatic heterocycles. The molecule has 0 bridgehead atoms. The second kappa shape index (κ2) is 6.52. The van der Waals surface area contributed by atoms with Crippen molar-refractivity contribution < 1.29 is 9.90 Å². The fourth-order valence-electron chi connectivity index (χ4n) is 2.39. The SMILES string of the molecule is CC(CNc1ccc(C(=O)O)nc1)CN1CCCC1. The fourth-order valence-corrected chi connectivity index (χ4v) is 2.39. The Balaban J connectivity index is 1.76. The number of aromatic carboxylic acids is 1. The number of carbonyl (C=O) groups is 1. The Bertz CT molecular complexity index is 413. The first kappa shape index (κ1) is 13.8. The fraction of sp³-hybridized carbons (Fsp3) is 0.571.